The summed E-state index contributed by atoms with van der Waals surface area (Å²) in [5.41, 5.74) is 4.61. The Labute approximate surface area is 178 Å². The topological polar surface area (TPSA) is 87.5 Å². The van der Waals surface area contributed by atoms with E-state index in [1.54, 1.807) is 7.11 Å². The fourth-order valence-electron chi connectivity index (χ4n) is 3.83. The van der Waals surface area contributed by atoms with Gasteiger partial charge < -0.3 is 9.30 Å². The molecule has 0 atom stereocenters. The SMILES string of the molecule is COc1ccc2c(c1)c1ccccc1n2-c1ccc(-c2cnc(C#N)c(C#N)n2)cc1. The Balaban J connectivity index is 1.65. The molecule has 146 valence electrons. The maximum atomic E-state index is 9.21. The predicted octanol–water partition coefficient (Wildman–Crippen LogP) is 4.99. The van der Waals surface area contributed by atoms with Crippen LogP contribution in [0.2, 0.25) is 0 Å². The third-order valence-electron chi connectivity index (χ3n) is 5.29. The second-order valence-electron chi connectivity index (χ2n) is 6.96. The number of methoxy groups -OCH3 is 1. The van der Waals surface area contributed by atoms with Gasteiger partial charge >= 0.3 is 0 Å². The summed E-state index contributed by atoms with van der Waals surface area (Å²) in [6.07, 6.45) is 1.52. The lowest BCUT2D eigenvalue weighted by Gasteiger charge is -2.09. The molecule has 0 saturated heterocycles. The van der Waals surface area contributed by atoms with Gasteiger partial charge in [-0.1, -0.05) is 30.3 Å². The van der Waals surface area contributed by atoms with E-state index in [0.29, 0.717) is 5.69 Å². The number of para-hydroxylation sites is 1. The predicted molar refractivity (Wildman–Crippen MR) is 118 cm³/mol. The molecule has 0 spiro atoms. The van der Waals surface area contributed by atoms with E-state index in [-0.39, 0.29) is 11.4 Å². The van der Waals surface area contributed by atoms with Gasteiger partial charge in [-0.2, -0.15) is 10.5 Å². The second kappa shape index (κ2) is 7.29. The Morgan fingerprint density at radius 1 is 0.839 bits per heavy atom. The summed E-state index contributed by atoms with van der Waals surface area (Å²) in [6, 6.07) is 26.1. The van der Waals surface area contributed by atoms with Crippen LogP contribution in [0.3, 0.4) is 0 Å². The zero-order valence-corrected chi connectivity index (χ0v) is 16.6. The van der Waals surface area contributed by atoms with Crippen LogP contribution in [0.4, 0.5) is 0 Å². The van der Waals surface area contributed by atoms with Crippen LogP contribution in [0.25, 0.3) is 38.8 Å². The molecule has 3 aromatic carbocycles. The van der Waals surface area contributed by atoms with Crippen molar-refractivity contribution in [2.24, 2.45) is 0 Å². The van der Waals surface area contributed by atoms with Crippen LogP contribution in [0.1, 0.15) is 11.4 Å². The molecule has 6 heteroatoms. The monoisotopic (exact) mass is 401 g/mol. The molecule has 0 saturated carbocycles. The minimum absolute atomic E-state index is 0.0282. The van der Waals surface area contributed by atoms with Crippen molar-refractivity contribution >= 4 is 21.8 Å². The first-order chi connectivity index (χ1) is 15.2. The second-order valence-corrected chi connectivity index (χ2v) is 6.96. The standard InChI is InChI=1S/C25H15N5O/c1-31-18-10-11-25-20(12-18)19-4-2-3-5-24(19)30(25)17-8-6-16(7-9-17)23-15-28-21(13-26)22(14-27)29-23/h2-12,15H,1H3. The molecule has 0 unspecified atom stereocenters. The first kappa shape index (κ1) is 18.4. The van der Waals surface area contributed by atoms with Gasteiger partial charge in [0.05, 0.1) is 30.0 Å². The molecule has 0 amide bonds. The molecule has 0 N–H and O–H groups in total. The van der Waals surface area contributed by atoms with E-state index in [4.69, 9.17) is 10.00 Å². The lowest BCUT2D eigenvalue weighted by Crippen LogP contribution is -1.97. The van der Waals surface area contributed by atoms with E-state index in [0.717, 1.165) is 38.8 Å². The molecule has 2 heterocycles. The average molecular weight is 401 g/mol. The molecule has 5 rings (SSSR count). The normalized spacial score (nSPS) is 10.7. The first-order valence-corrected chi connectivity index (χ1v) is 9.58. The highest BCUT2D eigenvalue weighted by Crippen LogP contribution is 2.34. The van der Waals surface area contributed by atoms with Crippen LogP contribution in [0, 0.1) is 22.7 Å². The molecule has 2 aromatic heterocycles. The maximum absolute atomic E-state index is 9.21. The van der Waals surface area contributed by atoms with Crippen molar-refractivity contribution in [2.45, 2.75) is 0 Å². The molecule has 0 aliphatic rings. The first-order valence-electron chi connectivity index (χ1n) is 9.58. The zero-order valence-electron chi connectivity index (χ0n) is 16.6. The summed E-state index contributed by atoms with van der Waals surface area (Å²) in [5.74, 6) is 0.818. The number of benzene rings is 3. The molecular weight excluding hydrogens is 386 g/mol. The number of hydrogen-bond donors (Lipinski definition) is 0. The lowest BCUT2D eigenvalue weighted by molar-refractivity contribution is 0.415. The highest BCUT2D eigenvalue weighted by molar-refractivity contribution is 6.09. The Morgan fingerprint density at radius 3 is 2.32 bits per heavy atom. The number of nitrogens with zero attached hydrogens (tertiary/aromatic N) is 5. The summed E-state index contributed by atoms with van der Waals surface area (Å²) < 4.78 is 7.63. The van der Waals surface area contributed by atoms with Crippen molar-refractivity contribution in [3.63, 3.8) is 0 Å². The van der Waals surface area contributed by atoms with Crippen molar-refractivity contribution in [2.75, 3.05) is 7.11 Å². The third kappa shape index (κ3) is 2.95. The van der Waals surface area contributed by atoms with Crippen LogP contribution in [0.5, 0.6) is 5.75 Å². The van der Waals surface area contributed by atoms with E-state index < -0.39 is 0 Å². The summed E-state index contributed by atoms with van der Waals surface area (Å²) in [6.45, 7) is 0. The maximum Gasteiger partial charge on any atom is 0.177 e. The molecule has 31 heavy (non-hydrogen) atoms. The number of ether oxygens (including phenoxy) is 1. The Kier molecular flexibility index (Phi) is 4.32. The van der Waals surface area contributed by atoms with Crippen molar-refractivity contribution < 1.29 is 4.74 Å². The molecule has 0 bridgehead atoms. The van der Waals surface area contributed by atoms with E-state index in [9.17, 15) is 5.26 Å². The van der Waals surface area contributed by atoms with Crippen LogP contribution in [-0.4, -0.2) is 21.6 Å². The molecule has 0 aliphatic carbocycles. The number of hydrogen-bond acceptors (Lipinski definition) is 5. The van der Waals surface area contributed by atoms with Crippen molar-refractivity contribution in [3.05, 3.63) is 84.3 Å². The van der Waals surface area contributed by atoms with Crippen molar-refractivity contribution in [1.82, 2.24) is 14.5 Å². The number of nitriles is 2. The van der Waals surface area contributed by atoms with Gasteiger partial charge in [0, 0.05) is 22.0 Å². The van der Waals surface area contributed by atoms with Gasteiger partial charge in [-0.05, 0) is 36.4 Å². The molecule has 5 aromatic rings. The van der Waals surface area contributed by atoms with Crippen molar-refractivity contribution in [3.8, 4) is 34.8 Å². The molecule has 0 aliphatic heterocycles. The number of aromatic nitrogens is 3. The van der Waals surface area contributed by atoms with Crippen LogP contribution < -0.4 is 4.74 Å². The highest BCUT2D eigenvalue weighted by Gasteiger charge is 2.13. The fraction of sp³-hybridized carbons (Fsp3) is 0.0400. The van der Waals surface area contributed by atoms with Gasteiger partial charge in [-0.15, -0.1) is 0 Å². The Morgan fingerprint density at radius 2 is 1.58 bits per heavy atom. The van der Waals surface area contributed by atoms with Crippen molar-refractivity contribution in [1.29, 1.82) is 10.5 Å². The lowest BCUT2D eigenvalue weighted by atomic mass is 10.1. The van der Waals surface area contributed by atoms with Gasteiger partial charge in [0.2, 0.25) is 0 Å². The number of rotatable bonds is 3. The van der Waals surface area contributed by atoms with Crippen LogP contribution in [-0.2, 0) is 0 Å². The minimum atomic E-state index is 0.0282. The molecule has 0 radical (unpaired) electrons. The molecular formula is C25H15N5O. The summed E-state index contributed by atoms with van der Waals surface area (Å²) in [4.78, 5) is 8.33. The zero-order chi connectivity index (χ0) is 21.4. The smallest absolute Gasteiger partial charge is 0.177 e. The third-order valence-corrected chi connectivity index (χ3v) is 5.29. The largest absolute Gasteiger partial charge is 0.497 e. The fourth-order valence-corrected chi connectivity index (χ4v) is 3.83. The molecule has 6 nitrogen and oxygen atoms in total. The minimum Gasteiger partial charge on any atom is -0.497 e. The summed E-state index contributed by atoms with van der Waals surface area (Å²) in [7, 11) is 1.67. The van der Waals surface area contributed by atoms with Gasteiger partial charge in [-0.25, -0.2) is 9.97 Å². The van der Waals surface area contributed by atoms with Crippen LogP contribution >= 0.6 is 0 Å². The highest BCUT2D eigenvalue weighted by atomic mass is 16.5. The summed E-state index contributed by atoms with van der Waals surface area (Å²) in [5, 5.41) is 20.5. The van der Waals surface area contributed by atoms with Gasteiger partial charge in [0.1, 0.15) is 17.9 Å². The van der Waals surface area contributed by atoms with Gasteiger partial charge in [0.25, 0.3) is 0 Å². The summed E-state index contributed by atoms with van der Waals surface area (Å²) >= 11 is 0. The van der Waals surface area contributed by atoms with E-state index in [1.165, 1.54) is 6.20 Å². The Bertz CT molecular complexity index is 1540. The van der Waals surface area contributed by atoms with E-state index >= 15 is 0 Å². The van der Waals surface area contributed by atoms with E-state index in [1.807, 2.05) is 54.6 Å². The van der Waals surface area contributed by atoms with E-state index in [2.05, 4.69) is 38.8 Å². The Hall–Kier alpha value is -4.68. The van der Waals surface area contributed by atoms with Gasteiger partial charge in [0.15, 0.2) is 11.4 Å². The van der Waals surface area contributed by atoms with Gasteiger partial charge in [-0.3, -0.25) is 0 Å². The molecule has 0 fully saturated rings. The average Bonchev–Trinajstić information content (AvgIpc) is 3.17. The van der Waals surface area contributed by atoms with Crippen LogP contribution in [0.15, 0.2) is 72.9 Å². The number of fused-ring (bicyclic) bond motifs is 3. The quantitative estimate of drug-likeness (QED) is 0.425.